The average Bonchev–Trinajstić information content (AvgIpc) is 2.78. The average molecular weight is 256 g/mol. The van der Waals surface area contributed by atoms with E-state index in [2.05, 4.69) is 27.3 Å². The van der Waals surface area contributed by atoms with Gasteiger partial charge in [0.1, 0.15) is 5.01 Å². The third-order valence-electron chi connectivity index (χ3n) is 2.90. The molecular formula is C11H20N4OS. The van der Waals surface area contributed by atoms with Crippen LogP contribution in [0.4, 0.5) is 5.13 Å². The quantitative estimate of drug-likeness (QED) is 0.867. The maximum Gasteiger partial charge on any atom is 0.205 e. The highest BCUT2D eigenvalue weighted by Crippen LogP contribution is 2.19. The van der Waals surface area contributed by atoms with Crippen molar-refractivity contribution in [2.75, 3.05) is 32.1 Å². The Balaban J connectivity index is 1.85. The molecule has 0 radical (unpaired) electrons. The number of hydrogen-bond donors (Lipinski definition) is 1. The van der Waals surface area contributed by atoms with E-state index in [-0.39, 0.29) is 0 Å². The molecule has 0 aliphatic carbocycles. The smallest absolute Gasteiger partial charge is 0.205 e. The fourth-order valence-corrected chi connectivity index (χ4v) is 2.87. The Labute approximate surface area is 106 Å². The predicted octanol–water partition coefficient (Wildman–Crippen LogP) is 1.58. The molecule has 1 aromatic rings. The summed E-state index contributed by atoms with van der Waals surface area (Å²) in [6.07, 6.45) is 2.79. The molecule has 1 aromatic heterocycles. The molecule has 1 aliphatic rings. The first-order valence-corrected chi connectivity index (χ1v) is 6.97. The third-order valence-corrected chi connectivity index (χ3v) is 3.83. The number of ether oxygens (including phenoxy) is 1. The molecule has 1 N–H and O–H groups in total. The van der Waals surface area contributed by atoms with E-state index in [1.54, 1.807) is 11.3 Å². The third kappa shape index (κ3) is 3.62. The van der Waals surface area contributed by atoms with Crippen LogP contribution in [0.2, 0.25) is 0 Å². The molecule has 0 amide bonds. The molecule has 1 unspecified atom stereocenters. The minimum atomic E-state index is 0.394. The molecule has 6 heteroatoms. The molecule has 0 bridgehead atoms. The van der Waals surface area contributed by atoms with Gasteiger partial charge in [0.05, 0.1) is 12.6 Å². The van der Waals surface area contributed by atoms with Crippen LogP contribution in [0.25, 0.3) is 0 Å². The van der Waals surface area contributed by atoms with E-state index in [0.717, 1.165) is 36.4 Å². The highest BCUT2D eigenvalue weighted by molar-refractivity contribution is 7.15. The number of nitrogens with zero attached hydrogens (tertiary/aromatic N) is 3. The summed E-state index contributed by atoms with van der Waals surface area (Å²) in [6.45, 7) is 5.91. The van der Waals surface area contributed by atoms with Crippen LogP contribution in [0.3, 0.4) is 0 Å². The number of anilines is 1. The largest absolute Gasteiger partial charge is 0.377 e. The first kappa shape index (κ1) is 12.7. The second-order valence-electron chi connectivity index (χ2n) is 4.21. The van der Waals surface area contributed by atoms with E-state index in [1.165, 1.54) is 12.8 Å². The highest BCUT2D eigenvalue weighted by atomic mass is 32.1. The standard InChI is InChI=1S/C11H20N4OS/c1-3-16-9-5-4-6-15(7-9)8-10-13-14-11(12-2)17-10/h9H,3-8H2,1-2H3,(H,12,14). The van der Waals surface area contributed by atoms with Gasteiger partial charge in [-0.1, -0.05) is 11.3 Å². The molecule has 5 nitrogen and oxygen atoms in total. The van der Waals surface area contributed by atoms with Crippen molar-refractivity contribution in [3.8, 4) is 0 Å². The second-order valence-corrected chi connectivity index (χ2v) is 5.27. The van der Waals surface area contributed by atoms with Crippen LogP contribution in [0, 0.1) is 0 Å². The fourth-order valence-electron chi connectivity index (χ4n) is 2.14. The Hall–Kier alpha value is -0.720. The van der Waals surface area contributed by atoms with Crippen LogP contribution in [0.1, 0.15) is 24.8 Å². The van der Waals surface area contributed by atoms with Crippen molar-refractivity contribution in [2.24, 2.45) is 0 Å². The Morgan fingerprint density at radius 2 is 2.41 bits per heavy atom. The van der Waals surface area contributed by atoms with Gasteiger partial charge < -0.3 is 10.1 Å². The Kier molecular flexibility index (Phi) is 4.70. The zero-order valence-corrected chi connectivity index (χ0v) is 11.3. The fraction of sp³-hybridized carbons (Fsp3) is 0.818. The minimum Gasteiger partial charge on any atom is -0.377 e. The first-order valence-electron chi connectivity index (χ1n) is 6.16. The number of hydrogen-bond acceptors (Lipinski definition) is 6. The summed E-state index contributed by atoms with van der Waals surface area (Å²) in [7, 11) is 1.87. The van der Waals surface area contributed by atoms with Gasteiger partial charge in [-0.2, -0.15) is 0 Å². The lowest BCUT2D eigenvalue weighted by molar-refractivity contribution is 0.00357. The maximum atomic E-state index is 5.69. The van der Waals surface area contributed by atoms with Crippen molar-refractivity contribution >= 4 is 16.5 Å². The van der Waals surface area contributed by atoms with Crippen LogP contribution in [0.15, 0.2) is 0 Å². The van der Waals surface area contributed by atoms with Gasteiger partial charge in [-0.15, -0.1) is 10.2 Å². The zero-order valence-electron chi connectivity index (χ0n) is 10.5. The van der Waals surface area contributed by atoms with E-state index in [0.29, 0.717) is 6.10 Å². The predicted molar refractivity (Wildman–Crippen MR) is 69.4 cm³/mol. The summed E-state index contributed by atoms with van der Waals surface area (Å²) in [4.78, 5) is 2.41. The summed E-state index contributed by atoms with van der Waals surface area (Å²) in [5.41, 5.74) is 0. The van der Waals surface area contributed by atoms with Gasteiger partial charge >= 0.3 is 0 Å². The van der Waals surface area contributed by atoms with E-state index in [4.69, 9.17) is 4.74 Å². The van der Waals surface area contributed by atoms with Crippen molar-refractivity contribution in [3.63, 3.8) is 0 Å². The van der Waals surface area contributed by atoms with E-state index in [9.17, 15) is 0 Å². The molecule has 0 spiro atoms. The SMILES string of the molecule is CCOC1CCCN(Cc2nnc(NC)s2)C1. The Bertz CT molecular complexity index is 342. The molecule has 2 heterocycles. The van der Waals surface area contributed by atoms with Gasteiger partial charge in [0.2, 0.25) is 5.13 Å². The Morgan fingerprint density at radius 1 is 1.53 bits per heavy atom. The Morgan fingerprint density at radius 3 is 3.12 bits per heavy atom. The first-order chi connectivity index (χ1) is 8.31. The van der Waals surface area contributed by atoms with E-state index >= 15 is 0 Å². The van der Waals surface area contributed by atoms with Gasteiger partial charge in [-0.05, 0) is 26.3 Å². The van der Waals surface area contributed by atoms with Crippen molar-refractivity contribution in [1.29, 1.82) is 0 Å². The lowest BCUT2D eigenvalue weighted by Gasteiger charge is -2.31. The lowest BCUT2D eigenvalue weighted by Crippen LogP contribution is -2.39. The molecule has 0 saturated carbocycles. The molecule has 1 saturated heterocycles. The number of piperidine rings is 1. The molecule has 96 valence electrons. The van der Waals surface area contributed by atoms with Crippen LogP contribution in [-0.4, -0.2) is 47.9 Å². The maximum absolute atomic E-state index is 5.69. The summed E-state index contributed by atoms with van der Waals surface area (Å²) >= 11 is 1.63. The van der Waals surface area contributed by atoms with Gasteiger partial charge in [0.25, 0.3) is 0 Å². The van der Waals surface area contributed by atoms with Gasteiger partial charge in [0.15, 0.2) is 0 Å². The number of rotatable bonds is 5. The monoisotopic (exact) mass is 256 g/mol. The number of aromatic nitrogens is 2. The highest BCUT2D eigenvalue weighted by Gasteiger charge is 2.21. The summed E-state index contributed by atoms with van der Waals surface area (Å²) in [5, 5.41) is 13.2. The minimum absolute atomic E-state index is 0.394. The van der Waals surface area contributed by atoms with Crippen molar-refractivity contribution in [3.05, 3.63) is 5.01 Å². The van der Waals surface area contributed by atoms with Gasteiger partial charge in [-0.3, -0.25) is 4.90 Å². The van der Waals surface area contributed by atoms with Crippen molar-refractivity contribution in [2.45, 2.75) is 32.4 Å². The molecule has 17 heavy (non-hydrogen) atoms. The van der Waals surface area contributed by atoms with E-state index in [1.807, 2.05) is 7.05 Å². The van der Waals surface area contributed by atoms with Gasteiger partial charge in [-0.25, -0.2) is 0 Å². The molecule has 1 aliphatic heterocycles. The molecule has 1 fully saturated rings. The van der Waals surface area contributed by atoms with Crippen molar-refractivity contribution in [1.82, 2.24) is 15.1 Å². The zero-order chi connectivity index (χ0) is 12.1. The van der Waals surface area contributed by atoms with Crippen molar-refractivity contribution < 1.29 is 4.74 Å². The lowest BCUT2D eigenvalue weighted by atomic mass is 10.1. The van der Waals surface area contributed by atoms with Crippen LogP contribution < -0.4 is 5.32 Å². The topological polar surface area (TPSA) is 50.3 Å². The summed E-state index contributed by atoms with van der Waals surface area (Å²) in [5.74, 6) is 0. The van der Waals surface area contributed by atoms with Gasteiger partial charge in [0, 0.05) is 20.2 Å². The summed E-state index contributed by atoms with van der Waals surface area (Å²) < 4.78 is 5.69. The van der Waals surface area contributed by atoms with Crippen LogP contribution in [0.5, 0.6) is 0 Å². The van der Waals surface area contributed by atoms with Crippen LogP contribution in [-0.2, 0) is 11.3 Å². The number of likely N-dealkylation sites (tertiary alicyclic amines) is 1. The number of nitrogens with one attached hydrogen (secondary N) is 1. The molecule has 1 atom stereocenters. The second kappa shape index (κ2) is 6.28. The molecular weight excluding hydrogens is 236 g/mol. The van der Waals surface area contributed by atoms with Crippen LogP contribution >= 0.6 is 11.3 Å². The molecule has 0 aromatic carbocycles. The molecule has 2 rings (SSSR count). The normalized spacial score (nSPS) is 21.6. The van der Waals surface area contributed by atoms with E-state index < -0.39 is 0 Å². The summed E-state index contributed by atoms with van der Waals surface area (Å²) in [6, 6.07) is 0.